The van der Waals surface area contributed by atoms with Crippen molar-refractivity contribution in [3.63, 3.8) is 0 Å². The Hall–Kier alpha value is -8.30. The van der Waals surface area contributed by atoms with Crippen molar-refractivity contribution in [2.24, 2.45) is 0 Å². The first-order chi connectivity index (χ1) is 33.9. The highest BCUT2D eigenvalue weighted by atomic mass is 32.1. The summed E-state index contributed by atoms with van der Waals surface area (Å²) in [5.41, 5.74) is 16.6. The first-order valence-electron chi connectivity index (χ1n) is 24.1. The van der Waals surface area contributed by atoms with Crippen LogP contribution in [0.25, 0.3) is 135 Å². The van der Waals surface area contributed by atoms with Gasteiger partial charge in [-0.25, -0.2) is 0 Å². The highest BCUT2D eigenvalue weighted by Gasteiger charge is 2.36. The first-order valence-corrected chi connectivity index (χ1v) is 24.9. The number of hydrogen-bond donors (Lipinski definition) is 0. The van der Waals surface area contributed by atoms with Crippen molar-refractivity contribution in [1.82, 2.24) is 4.57 Å². The predicted octanol–water partition coefficient (Wildman–Crippen LogP) is 19.1. The van der Waals surface area contributed by atoms with Crippen molar-refractivity contribution in [2.45, 2.75) is 19.3 Å². The molecule has 0 unspecified atom stereocenters. The van der Waals surface area contributed by atoms with Crippen LogP contribution in [0.1, 0.15) is 25.0 Å². The molecule has 0 N–H and O–H groups in total. The highest BCUT2D eigenvalue weighted by molar-refractivity contribution is 7.26. The molecule has 1 aliphatic carbocycles. The van der Waals surface area contributed by atoms with Crippen molar-refractivity contribution in [3.05, 3.63) is 236 Å². The lowest BCUT2D eigenvalue weighted by Crippen LogP contribution is -2.14. The monoisotopic (exact) mass is 893 g/mol. The predicted molar refractivity (Wildman–Crippen MR) is 298 cm³/mol. The Morgan fingerprint density at radius 3 is 1.91 bits per heavy atom. The number of para-hydroxylation sites is 1. The summed E-state index contributed by atoms with van der Waals surface area (Å²) in [4.78, 5) is 0. The van der Waals surface area contributed by atoms with E-state index in [9.17, 15) is 0 Å². The Kier molecular flexibility index (Phi) is 8.07. The maximum Gasteiger partial charge on any atom is 0.0541 e. The van der Waals surface area contributed by atoms with Crippen LogP contribution in [0, 0.1) is 0 Å². The zero-order chi connectivity index (χ0) is 45.5. The molecule has 0 spiro atoms. The SMILES string of the molecule is CC1(C)c2ccccc2-c2c1ccc1cc3cc(-n4c5ccccc5c5cc(-c6ccc7sc8c(-c9ccc%10ccccc%10c9)cc(-c9cccc%10ccccc9%10)cc8c7c6)ccc54)ccc3cc21. The summed E-state index contributed by atoms with van der Waals surface area (Å²) in [6, 6.07) is 84.5. The number of hydrogen-bond acceptors (Lipinski definition) is 1. The third-order valence-corrected chi connectivity index (χ3v) is 16.7. The van der Waals surface area contributed by atoms with Crippen LogP contribution in [0.15, 0.2) is 224 Å². The molecule has 0 saturated carbocycles. The summed E-state index contributed by atoms with van der Waals surface area (Å²) in [6.45, 7) is 4.72. The minimum absolute atomic E-state index is 0.0218. The van der Waals surface area contributed by atoms with E-state index < -0.39 is 0 Å². The van der Waals surface area contributed by atoms with Gasteiger partial charge in [0.25, 0.3) is 0 Å². The molecule has 15 rings (SSSR count). The lowest BCUT2D eigenvalue weighted by Gasteiger charge is -2.21. The van der Waals surface area contributed by atoms with E-state index in [1.54, 1.807) is 0 Å². The smallest absolute Gasteiger partial charge is 0.0541 e. The maximum absolute atomic E-state index is 2.46. The van der Waals surface area contributed by atoms with E-state index >= 15 is 0 Å². The Morgan fingerprint density at radius 2 is 1.00 bits per heavy atom. The van der Waals surface area contributed by atoms with Crippen LogP contribution in [0.5, 0.6) is 0 Å². The molecular formula is C67H43NS. The van der Waals surface area contributed by atoms with Crippen LogP contribution in [-0.2, 0) is 5.41 Å². The van der Waals surface area contributed by atoms with Gasteiger partial charge in [0.2, 0.25) is 0 Å². The molecule has 2 heterocycles. The van der Waals surface area contributed by atoms with Crippen LogP contribution in [0.3, 0.4) is 0 Å². The Balaban J connectivity index is 0.878. The fourth-order valence-corrected chi connectivity index (χ4v) is 13.3. The molecule has 0 saturated heterocycles. The zero-order valence-corrected chi connectivity index (χ0v) is 39.0. The van der Waals surface area contributed by atoms with E-state index in [0.717, 1.165) is 0 Å². The van der Waals surface area contributed by atoms with Gasteiger partial charge >= 0.3 is 0 Å². The number of thiophene rings is 1. The summed E-state index contributed by atoms with van der Waals surface area (Å²) in [6.07, 6.45) is 0. The number of benzene rings is 12. The second kappa shape index (κ2) is 14.4. The highest BCUT2D eigenvalue weighted by Crippen LogP contribution is 2.52. The molecule has 14 aromatic rings. The van der Waals surface area contributed by atoms with Gasteiger partial charge in [0.05, 0.1) is 11.0 Å². The summed E-state index contributed by atoms with van der Waals surface area (Å²) in [7, 11) is 0. The van der Waals surface area contributed by atoms with Crippen LogP contribution in [0.2, 0.25) is 0 Å². The molecule has 0 atom stereocenters. The topological polar surface area (TPSA) is 4.93 Å². The van der Waals surface area contributed by atoms with Crippen LogP contribution < -0.4 is 0 Å². The molecule has 0 aliphatic heterocycles. The van der Waals surface area contributed by atoms with Crippen molar-refractivity contribution in [1.29, 1.82) is 0 Å². The second-order valence-corrected chi connectivity index (χ2v) is 20.7. The normalized spacial score (nSPS) is 13.2. The fourth-order valence-electron chi connectivity index (χ4n) is 12.1. The van der Waals surface area contributed by atoms with Crippen molar-refractivity contribution >= 4 is 96.4 Å². The maximum atomic E-state index is 2.46. The summed E-state index contributed by atoms with van der Waals surface area (Å²) in [5.74, 6) is 0. The average Bonchev–Trinajstić information content (AvgIpc) is 4.02. The molecule has 2 heteroatoms. The summed E-state index contributed by atoms with van der Waals surface area (Å²) in [5, 5.41) is 15.3. The third-order valence-electron chi connectivity index (χ3n) is 15.5. The van der Waals surface area contributed by atoms with E-state index in [1.165, 1.54) is 146 Å². The molecule has 1 aliphatic rings. The minimum atomic E-state index is -0.0218. The molecule has 1 nitrogen and oxygen atoms in total. The van der Waals surface area contributed by atoms with Crippen LogP contribution in [-0.4, -0.2) is 4.57 Å². The molecule has 322 valence electrons. The van der Waals surface area contributed by atoms with Gasteiger partial charge in [-0.15, -0.1) is 11.3 Å². The fraction of sp³-hybridized carbons (Fsp3) is 0.0448. The lowest BCUT2D eigenvalue weighted by molar-refractivity contribution is 0.661. The number of rotatable bonds is 4. The zero-order valence-electron chi connectivity index (χ0n) is 38.2. The Morgan fingerprint density at radius 1 is 0.333 bits per heavy atom. The molecule has 0 radical (unpaired) electrons. The molecular weight excluding hydrogens is 851 g/mol. The molecule has 12 aromatic carbocycles. The minimum Gasteiger partial charge on any atom is -0.309 e. The summed E-state index contributed by atoms with van der Waals surface area (Å²) < 4.78 is 5.07. The number of nitrogens with zero attached hydrogens (tertiary/aromatic N) is 1. The van der Waals surface area contributed by atoms with Crippen molar-refractivity contribution < 1.29 is 0 Å². The van der Waals surface area contributed by atoms with E-state index in [2.05, 4.69) is 243 Å². The standard InChI is InChI=1S/C67H43NS/c1-67(2)60-20-9-7-18-54(60)65-55-35-45-24-28-50(34-48(45)33-46(55)25-29-61(65)67)68-62-21-10-8-17-53(62)57-36-43(26-30-63(57)68)44-27-31-64-58(37-44)59-39-49(52-19-11-15-41-13-5-6-16-51(41)52)38-56(66(59)69-64)47-23-22-40-12-3-4-14-42(40)32-47/h3-39H,1-2H3. The molecule has 0 bridgehead atoms. The molecule has 2 aromatic heterocycles. The van der Waals surface area contributed by atoms with Gasteiger partial charge in [-0.3, -0.25) is 0 Å². The third kappa shape index (κ3) is 5.70. The van der Waals surface area contributed by atoms with Crippen molar-refractivity contribution in [3.8, 4) is 50.2 Å². The van der Waals surface area contributed by atoms with E-state index in [0.29, 0.717) is 0 Å². The quantitative estimate of drug-likeness (QED) is 0.155. The Bertz CT molecular complexity index is 4520. The number of aromatic nitrogens is 1. The van der Waals surface area contributed by atoms with Gasteiger partial charge in [0.1, 0.15) is 0 Å². The molecule has 0 fully saturated rings. The van der Waals surface area contributed by atoms with Gasteiger partial charge in [0, 0.05) is 47.6 Å². The van der Waals surface area contributed by atoms with Gasteiger partial charge < -0.3 is 4.57 Å². The van der Waals surface area contributed by atoms with Gasteiger partial charge in [-0.1, -0.05) is 166 Å². The second-order valence-electron chi connectivity index (χ2n) is 19.7. The largest absolute Gasteiger partial charge is 0.309 e. The van der Waals surface area contributed by atoms with E-state index in [-0.39, 0.29) is 5.41 Å². The molecule has 0 amide bonds. The van der Waals surface area contributed by atoms with E-state index in [1.807, 2.05) is 11.3 Å². The van der Waals surface area contributed by atoms with Gasteiger partial charge in [-0.05, 0) is 166 Å². The van der Waals surface area contributed by atoms with Gasteiger partial charge in [-0.2, -0.15) is 0 Å². The van der Waals surface area contributed by atoms with E-state index in [4.69, 9.17) is 0 Å². The summed E-state index contributed by atoms with van der Waals surface area (Å²) >= 11 is 1.91. The lowest BCUT2D eigenvalue weighted by atomic mass is 9.82. The molecule has 69 heavy (non-hydrogen) atoms. The number of fused-ring (bicyclic) bond motifs is 14. The first kappa shape index (κ1) is 38.8. The average molecular weight is 894 g/mol. The van der Waals surface area contributed by atoms with Crippen molar-refractivity contribution in [2.75, 3.05) is 0 Å². The Labute approximate surface area is 403 Å². The van der Waals surface area contributed by atoms with Gasteiger partial charge in [0.15, 0.2) is 0 Å². The van der Waals surface area contributed by atoms with Crippen LogP contribution >= 0.6 is 11.3 Å². The van der Waals surface area contributed by atoms with Crippen LogP contribution in [0.4, 0.5) is 0 Å².